The van der Waals surface area contributed by atoms with Crippen LogP contribution in [0, 0.1) is 6.92 Å². The monoisotopic (exact) mass is 346 g/mol. The SMILES string of the molecule is Cc1cccc(Nc2cc(C(=O)NC(C)C)nc(-c3ccccc3)n2)c1. The van der Waals surface area contributed by atoms with Crippen LogP contribution in [-0.2, 0) is 0 Å². The number of amides is 1. The van der Waals surface area contributed by atoms with Crippen molar-refractivity contribution in [3.05, 3.63) is 71.9 Å². The summed E-state index contributed by atoms with van der Waals surface area (Å²) in [6.07, 6.45) is 0. The molecule has 0 bridgehead atoms. The van der Waals surface area contributed by atoms with Crippen LogP contribution in [0.2, 0.25) is 0 Å². The van der Waals surface area contributed by atoms with E-state index in [4.69, 9.17) is 0 Å². The van der Waals surface area contributed by atoms with Crippen molar-refractivity contribution in [3.63, 3.8) is 0 Å². The molecule has 26 heavy (non-hydrogen) atoms. The van der Waals surface area contributed by atoms with Gasteiger partial charge in [0, 0.05) is 23.4 Å². The van der Waals surface area contributed by atoms with Gasteiger partial charge in [0.25, 0.3) is 5.91 Å². The Morgan fingerprint density at radius 2 is 1.73 bits per heavy atom. The highest BCUT2D eigenvalue weighted by Gasteiger charge is 2.14. The number of nitrogens with one attached hydrogen (secondary N) is 2. The summed E-state index contributed by atoms with van der Waals surface area (Å²) in [5.41, 5.74) is 3.25. The van der Waals surface area contributed by atoms with Gasteiger partial charge < -0.3 is 10.6 Å². The molecule has 0 aliphatic rings. The Morgan fingerprint density at radius 3 is 2.42 bits per heavy atom. The van der Waals surface area contributed by atoms with Gasteiger partial charge >= 0.3 is 0 Å². The highest BCUT2D eigenvalue weighted by Crippen LogP contribution is 2.21. The molecule has 0 saturated carbocycles. The van der Waals surface area contributed by atoms with Crippen molar-refractivity contribution < 1.29 is 4.79 Å². The van der Waals surface area contributed by atoms with Gasteiger partial charge in [-0.05, 0) is 38.5 Å². The molecule has 0 radical (unpaired) electrons. The Kier molecular flexibility index (Phi) is 5.27. The molecule has 0 spiro atoms. The van der Waals surface area contributed by atoms with E-state index in [0.29, 0.717) is 17.3 Å². The molecule has 2 aromatic carbocycles. The van der Waals surface area contributed by atoms with E-state index in [1.165, 1.54) is 0 Å². The van der Waals surface area contributed by atoms with E-state index in [1.54, 1.807) is 6.07 Å². The molecule has 0 atom stereocenters. The minimum Gasteiger partial charge on any atom is -0.349 e. The van der Waals surface area contributed by atoms with E-state index in [1.807, 2.05) is 75.4 Å². The van der Waals surface area contributed by atoms with Crippen LogP contribution >= 0.6 is 0 Å². The van der Waals surface area contributed by atoms with Gasteiger partial charge in [-0.3, -0.25) is 4.79 Å². The van der Waals surface area contributed by atoms with E-state index in [0.717, 1.165) is 16.8 Å². The van der Waals surface area contributed by atoms with E-state index in [2.05, 4.69) is 20.6 Å². The number of hydrogen-bond acceptors (Lipinski definition) is 4. The van der Waals surface area contributed by atoms with E-state index in [9.17, 15) is 4.79 Å². The van der Waals surface area contributed by atoms with Crippen LogP contribution < -0.4 is 10.6 Å². The van der Waals surface area contributed by atoms with Gasteiger partial charge in [0.05, 0.1) is 0 Å². The quantitative estimate of drug-likeness (QED) is 0.721. The molecule has 3 aromatic rings. The zero-order valence-electron chi connectivity index (χ0n) is 15.2. The molecule has 0 fully saturated rings. The number of aromatic nitrogens is 2. The van der Waals surface area contributed by atoms with Gasteiger partial charge in [0.1, 0.15) is 11.5 Å². The van der Waals surface area contributed by atoms with E-state index >= 15 is 0 Å². The van der Waals surface area contributed by atoms with Gasteiger partial charge in [-0.25, -0.2) is 9.97 Å². The molecule has 0 unspecified atom stereocenters. The molecule has 5 heteroatoms. The molecule has 5 nitrogen and oxygen atoms in total. The predicted molar refractivity (Wildman–Crippen MR) is 105 cm³/mol. The minimum atomic E-state index is -0.216. The van der Waals surface area contributed by atoms with Crippen LogP contribution in [0.5, 0.6) is 0 Å². The number of nitrogens with zero attached hydrogens (tertiary/aromatic N) is 2. The maximum absolute atomic E-state index is 12.5. The maximum atomic E-state index is 12.5. The zero-order valence-corrected chi connectivity index (χ0v) is 15.2. The van der Waals surface area contributed by atoms with Crippen molar-refractivity contribution in [3.8, 4) is 11.4 Å². The zero-order chi connectivity index (χ0) is 18.5. The first-order valence-electron chi connectivity index (χ1n) is 8.60. The van der Waals surface area contributed by atoms with Crippen LogP contribution in [0.3, 0.4) is 0 Å². The lowest BCUT2D eigenvalue weighted by Gasteiger charge is -2.12. The molecule has 1 aromatic heterocycles. The Bertz CT molecular complexity index is 907. The summed E-state index contributed by atoms with van der Waals surface area (Å²) in [4.78, 5) is 21.5. The minimum absolute atomic E-state index is 0.0332. The number of carbonyl (C=O) groups is 1. The van der Waals surface area contributed by atoms with Crippen molar-refractivity contribution >= 4 is 17.4 Å². The highest BCUT2D eigenvalue weighted by atomic mass is 16.1. The molecule has 3 rings (SSSR count). The summed E-state index contributed by atoms with van der Waals surface area (Å²) >= 11 is 0. The summed E-state index contributed by atoms with van der Waals surface area (Å²) in [5, 5.41) is 6.15. The second kappa shape index (κ2) is 7.78. The summed E-state index contributed by atoms with van der Waals surface area (Å²) in [6, 6.07) is 19.3. The molecule has 1 amide bonds. The first kappa shape index (κ1) is 17.6. The number of hydrogen-bond donors (Lipinski definition) is 2. The van der Waals surface area contributed by atoms with Crippen LogP contribution in [0.4, 0.5) is 11.5 Å². The maximum Gasteiger partial charge on any atom is 0.270 e. The molecule has 0 aliphatic heterocycles. The summed E-state index contributed by atoms with van der Waals surface area (Å²) in [7, 11) is 0. The third-order valence-electron chi connectivity index (χ3n) is 3.70. The van der Waals surface area contributed by atoms with Crippen LogP contribution in [0.1, 0.15) is 29.9 Å². The number of aryl methyl sites for hydroxylation is 1. The predicted octanol–water partition coefficient (Wildman–Crippen LogP) is 4.33. The number of rotatable bonds is 5. The van der Waals surface area contributed by atoms with Gasteiger partial charge in [0.2, 0.25) is 0 Å². The van der Waals surface area contributed by atoms with Gasteiger partial charge in [0.15, 0.2) is 5.82 Å². The molecule has 0 saturated heterocycles. The molecular formula is C21H22N4O. The Morgan fingerprint density at radius 1 is 0.962 bits per heavy atom. The van der Waals surface area contributed by atoms with E-state index < -0.39 is 0 Å². The molecule has 0 aliphatic carbocycles. The fourth-order valence-corrected chi connectivity index (χ4v) is 2.55. The second-order valence-corrected chi connectivity index (χ2v) is 6.45. The van der Waals surface area contributed by atoms with Gasteiger partial charge in [-0.15, -0.1) is 0 Å². The van der Waals surface area contributed by atoms with Crippen molar-refractivity contribution in [1.82, 2.24) is 15.3 Å². The molecule has 1 heterocycles. The topological polar surface area (TPSA) is 66.9 Å². The van der Waals surface area contributed by atoms with Crippen LogP contribution in [-0.4, -0.2) is 21.9 Å². The highest BCUT2D eigenvalue weighted by molar-refractivity contribution is 5.93. The first-order chi connectivity index (χ1) is 12.5. The third kappa shape index (κ3) is 4.45. The molecule has 132 valence electrons. The van der Waals surface area contributed by atoms with E-state index in [-0.39, 0.29) is 11.9 Å². The third-order valence-corrected chi connectivity index (χ3v) is 3.70. The molecule has 2 N–H and O–H groups in total. The lowest BCUT2D eigenvalue weighted by atomic mass is 10.2. The first-order valence-corrected chi connectivity index (χ1v) is 8.60. The number of benzene rings is 2. The standard InChI is InChI=1S/C21H22N4O/c1-14(2)22-21(26)18-13-19(23-17-11-7-8-15(3)12-17)25-20(24-18)16-9-5-4-6-10-16/h4-14H,1-3H3,(H,22,26)(H,23,24,25). The van der Waals surface area contributed by atoms with Crippen molar-refractivity contribution in [1.29, 1.82) is 0 Å². The molecular weight excluding hydrogens is 324 g/mol. The van der Waals surface area contributed by atoms with Crippen molar-refractivity contribution in [2.75, 3.05) is 5.32 Å². The Labute approximate surface area is 153 Å². The fourth-order valence-electron chi connectivity index (χ4n) is 2.55. The van der Waals surface area contributed by atoms with Crippen molar-refractivity contribution in [2.24, 2.45) is 0 Å². The largest absolute Gasteiger partial charge is 0.349 e. The van der Waals surface area contributed by atoms with Crippen LogP contribution in [0.25, 0.3) is 11.4 Å². The average molecular weight is 346 g/mol. The van der Waals surface area contributed by atoms with Crippen molar-refractivity contribution in [2.45, 2.75) is 26.8 Å². The smallest absolute Gasteiger partial charge is 0.270 e. The summed E-state index contributed by atoms with van der Waals surface area (Å²) < 4.78 is 0. The summed E-state index contributed by atoms with van der Waals surface area (Å²) in [6.45, 7) is 5.87. The lowest BCUT2D eigenvalue weighted by Crippen LogP contribution is -2.31. The van der Waals surface area contributed by atoms with Gasteiger partial charge in [-0.2, -0.15) is 0 Å². The lowest BCUT2D eigenvalue weighted by molar-refractivity contribution is 0.0938. The van der Waals surface area contributed by atoms with Crippen LogP contribution in [0.15, 0.2) is 60.7 Å². The average Bonchev–Trinajstić information content (AvgIpc) is 2.61. The van der Waals surface area contributed by atoms with Gasteiger partial charge in [-0.1, -0.05) is 42.5 Å². The Hall–Kier alpha value is -3.21. The normalized spacial score (nSPS) is 10.6. The Balaban J connectivity index is 2.01. The fraction of sp³-hybridized carbons (Fsp3) is 0.190. The summed E-state index contributed by atoms with van der Waals surface area (Å²) in [5.74, 6) is 0.877. The number of anilines is 2. The second-order valence-electron chi connectivity index (χ2n) is 6.45. The number of carbonyl (C=O) groups excluding carboxylic acids is 1.